The van der Waals surface area contributed by atoms with Gasteiger partial charge in [0.05, 0.1) is 11.2 Å². The van der Waals surface area contributed by atoms with Gasteiger partial charge in [-0.1, -0.05) is 12.1 Å². The minimum absolute atomic E-state index is 0.258. The molecule has 1 aromatic rings. The molecule has 0 radical (unpaired) electrons. The molecule has 3 fully saturated rings. The zero-order valence-electron chi connectivity index (χ0n) is 15.6. The Morgan fingerprint density at radius 1 is 0.958 bits per heavy atom. The molecular formula is C20H30BNO2. The van der Waals surface area contributed by atoms with Crippen LogP contribution in [0.2, 0.25) is 0 Å². The molecule has 0 amide bonds. The molecule has 2 heterocycles. The van der Waals surface area contributed by atoms with Crippen molar-refractivity contribution in [1.82, 2.24) is 0 Å². The molecule has 0 atom stereocenters. The lowest BCUT2D eigenvalue weighted by molar-refractivity contribution is 0.00578. The van der Waals surface area contributed by atoms with E-state index in [1.54, 1.807) is 0 Å². The highest BCUT2D eigenvalue weighted by Crippen LogP contribution is 2.45. The summed E-state index contributed by atoms with van der Waals surface area (Å²) in [5.74, 6) is 0.772. The summed E-state index contributed by atoms with van der Waals surface area (Å²) >= 11 is 0. The van der Waals surface area contributed by atoms with Crippen molar-refractivity contribution in [1.29, 1.82) is 0 Å². The van der Waals surface area contributed by atoms with Gasteiger partial charge in [-0.05, 0) is 82.8 Å². The Hall–Kier alpha value is -0.995. The second-order valence-electron chi connectivity index (χ2n) is 8.73. The van der Waals surface area contributed by atoms with Crippen LogP contribution in [0.5, 0.6) is 0 Å². The Bertz CT molecular complexity index is 602. The molecule has 24 heavy (non-hydrogen) atoms. The lowest BCUT2D eigenvalue weighted by atomic mass is 9.78. The molecule has 130 valence electrons. The first-order valence-corrected chi connectivity index (χ1v) is 9.62. The molecule has 3 nitrogen and oxygen atoms in total. The fourth-order valence-electron chi connectivity index (χ4n) is 3.83. The highest BCUT2D eigenvalue weighted by molar-refractivity contribution is 6.62. The van der Waals surface area contributed by atoms with E-state index in [0.717, 1.165) is 5.92 Å². The molecule has 0 aromatic heterocycles. The normalized spacial score (nSPS) is 26.0. The first-order chi connectivity index (χ1) is 11.4. The highest BCUT2D eigenvalue weighted by atomic mass is 16.7. The van der Waals surface area contributed by atoms with E-state index in [2.05, 4.69) is 50.8 Å². The number of benzene rings is 1. The maximum Gasteiger partial charge on any atom is 0.494 e. The average molecular weight is 327 g/mol. The third-order valence-electron chi connectivity index (χ3n) is 6.29. The van der Waals surface area contributed by atoms with Gasteiger partial charge in [0.25, 0.3) is 0 Å². The maximum absolute atomic E-state index is 6.27. The summed E-state index contributed by atoms with van der Waals surface area (Å²) in [6.07, 6.45) is 6.68. The van der Waals surface area contributed by atoms with Gasteiger partial charge in [-0.15, -0.1) is 0 Å². The number of nitrogens with zero attached hydrogens (tertiary/aromatic N) is 1. The number of hydrogen-bond acceptors (Lipinski definition) is 3. The van der Waals surface area contributed by atoms with Gasteiger partial charge in [0.2, 0.25) is 0 Å². The van der Waals surface area contributed by atoms with Crippen LogP contribution in [0, 0.1) is 0 Å². The van der Waals surface area contributed by atoms with E-state index in [-0.39, 0.29) is 18.3 Å². The van der Waals surface area contributed by atoms with Crippen molar-refractivity contribution < 1.29 is 9.31 Å². The summed E-state index contributed by atoms with van der Waals surface area (Å²) in [4.78, 5) is 2.59. The van der Waals surface area contributed by atoms with Gasteiger partial charge in [-0.3, -0.25) is 0 Å². The van der Waals surface area contributed by atoms with Crippen molar-refractivity contribution in [3.8, 4) is 0 Å². The van der Waals surface area contributed by atoms with Crippen LogP contribution in [0.25, 0.3) is 0 Å². The molecule has 0 N–H and O–H groups in total. The zero-order valence-corrected chi connectivity index (χ0v) is 15.6. The summed E-state index contributed by atoms with van der Waals surface area (Å²) in [5.41, 5.74) is 3.58. The van der Waals surface area contributed by atoms with Gasteiger partial charge in [-0.25, -0.2) is 0 Å². The van der Waals surface area contributed by atoms with E-state index in [1.807, 2.05) is 0 Å². The van der Waals surface area contributed by atoms with Crippen LogP contribution in [-0.2, 0) is 9.31 Å². The molecule has 2 aliphatic heterocycles. The Kier molecular flexibility index (Phi) is 3.96. The van der Waals surface area contributed by atoms with Crippen molar-refractivity contribution in [2.45, 2.75) is 76.9 Å². The summed E-state index contributed by atoms with van der Waals surface area (Å²) in [6.45, 7) is 10.9. The minimum Gasteiger partial charge on any atom is -0.399 e. The molecule has 0 bridgehead atoms. The Morgan fingerprint density at radius 3 is 2.17 bits per heavy atom. The largest absolute Gasteiger partial charge is 0.494 e. The summed E-state index contributed by atoms with van der Waals surface area (Å²) in [7, 11) is -0.258. The Labute approximate surface area is 146 Å². The van der Waals surface area contributed by atoms with Crippen LogP contribution in [0.4, 0.5) is 5.69 Å². The van der Waals surface area contributed by atoms with Crippen LogP contribution < -0.4 is 10.4 Å². The van der Waals surface area contributed by atoms with Crippen LogP contribution in [-0.4, -0.2) is 31.4 Å². The summed E-state index contributed by atoms with van der Waals surface area (Å²) in [5, 5.41) is 0. The Morgan fingerprint density at radius 2 is 1.58 bits per heavy atom. The predicted molar refractivity (Wildman–Crippen MR) is 100 cm³/mol. The quantitative estimate of drug-likeness (QED) is 0.787. The summed E-state index contributed by atoms with van der Waals surface area (Å²) < 4.78 is 12.5. The van der Waals surface area contributed by atoms with Gasteiger partial charge >= 0.3 is 7.12 Å². The van der Waals surface area contributed by atoms with Crippen LogP contribution >= 0.6 is 0 Å². The number of hydrogen-bond donors (Lipinski definition) is 0. The monoisotopic (exact) mass is 327 g/mol. The van der Waals surface area contributed by atoms with Crippen molar-refractivity contribution >= 4 is 18.3 Å². The maximum atomic E-state index is 6.27. The molecule has 1 saturated carbocycles. The van der Waals surface area contributed by atoms with Gasteiger partial charge in [0, 0.05) is 18.8 Å². The van der Waals surface area contributed by atoms with E-state index in [0.29, 0.717) is 0 Å². The average Bonchev–Trinajstić information content (AvgIpc) is 3.35. The van der Waals surface area contributed by atoms with Gasteiger partial charge in [0.15, 0.2) is 0 Å². The molecule has 4 heteroatoms. The van der Waals surface area contributed by atoms with E-state index < -0.39 is 0 Å². The molecule has 0 unspecified atom stereocenters. The summed E-state index contributed by atoms with van der Waals surface area (Å²) in [6, 6.07) is 6.91. The van der Waals surface area contributed by atoms with E-state index in [1.165, 1.54) is 61.9 Å². The fraction of sp³-hybridized carbons (Fsp3) is 0.700. The second-order valence-corrected chi connectivity index (χ2v) is 8.73. The van der Waals surface area contributed by atoms with Crippen molar-refractivity contribution in [2.24, 2.45) is 0 Å². The number of piperidine rings is 1. The van der Waals surface area contributed by atoms with Gasteiger partial charge in [0.1, 0.15) is 0 Å². The van der Waals surface area contributed by atoms with Crippen molar-refractivity contribution in [3.63, 3.8) is 0 Å². The van der Waals surface area contributed by atoms with E-state index in [9.17, 15) is 0 Å². The lowest BCUT2D eigenvalue weighted by Gasteiger charge is -2.32. The fourth-order valence-corrected chi connectivity index (χ4v) is 3.83. The predicted octanol–water partition coefficient (Wildman–Crippen LogP) is 3.85. The molecular weight excluding hydrogens is 297 g/mol. The minimum atomic E-state index is -0.280. The Balaban J connectivity index is 1.65. The molecule has 1 aromatic carbocycles. The number of rotatable bonds is 3. The molecule has 0 spiro atoms. The van der Waals surface area contributed by atoms with Gasteiger partial charge in [-0.2, -0.15) is 0 Å². The lowest BCUT2D eigenvalue weighted by Crippen LogP contribution is -2.41. The molecule has 4 rings (SSSR count). The van der Waals surface area contributed by atoms with E-state index >= 15 is 0 Å². The van der Waals surface area contributed by atoms with Crippen molar-refractivity contribution in [2.75, 3.05) is 18.0 Å². The van der Waals surface area contributed by atoms with Gasteiger partial charge < -0.3 is 14.2 Å². The third kappa shape index (κ3) is 2.88. The molecule has 1 aliphatic carbocycles. The highest BCUT2D eigenvalue weighted by Gasteiger charge is 2.51. The molecule has 2 saturated heterocycles. The first kappa shape index (κ1) is 16.5. The standard InChI is InChI=1S/C20H30BNO2/c1-19(2)20(3,4)24-21(23-19)16-10-11-17(15-8-9-15)18(14-16)22-12-6-5-7-13-22/h10-11,14-15H,5-9,12-13H2,1-4H3. The third-order valence-corrected chi connectivity index (χ3v) is 6.29. The van der Waals surface area contributed by atoms with Crippen LogP contribution in [0.3, 0.4) is 0 Å². The molecule has 3 aliphatic rings. The first-order valence-electron chi connectivity index (χ1n) is 9.62. The number of anilines is 1. The second kappa shape index (κ2) is 5.77. The topological polar surface area (TPSA) is 21.7 Å². The van der Waals surface area contributed by atoms with E-state index in [4.69, 9.17) is 9.31 Å². The van der Waals surface area contributed by atoms with Crippen LogP contribution in [0.1, 0.15) is 71.3 Å². The van der Waals surface area contributed by atoms with Crippen LogP contribution in [0.15, 0.2) is 18.2 Å². The van der Waals surface area contributed by atoms with Crippen molar-refractivity contribution in [3.05, 3.63) is 23.8 Å². The zero-order chi connectivity index (χ0) is 16.9. The SMILES string of the molecule is CC1(C)OB(c2ccc(C3CC3)c(N3CCCCC3)c2)OC1(C)C. The smallest absolute Gasteiger partial charge is 0.399 e.